The average Bonchev–Trinajstić information content (AvgIpc) is 2.66. The van der Waals surface area contributed by atoms with E-state index >= 15 is 0 Å². The summed E-state index contributed by atoms with van der Waals surface area (Å²) in [6.07, 6.45) is 0. The molecule has 1 aliphatic rings. The number of rotatable bonds is 3. The molecule has 2 aromatic carbocycles. The highest BCUT2D eigenvalue weighted by Gasteiger charge is 2.26. The van der Waals surface area contributed by atoms with Crippen LogP contribution >= 0.6 is 11.6 Å². The van der Waals surface area contributed by atoms with Crippen molar-refractivity contribution < 1.29 is 14.3 Å². The minimum atomic E-state index is -0.229. The number of anilines is 1. The summed E-state index contributed by atoms with van der Waals surface area (Å²) in [5, 5.41) is 3.19. The molecule has 0 radical (unpaired) electrons. The Kier molecular flexibility index (Phi) is 4.21. The third-order valence-corrected chi connectivity index (χ3v) is 3.88. The molecule has 0 atom stereocenters. The van der Waals surface area contributed by atoms with Gasteiger partial charge < -0.3 is 15.0 Å². The van der Waals surface area contributed by atoms with Gasteiger partial charge >= 0.3 is 0 Å². The number of nitrogens with zero attached hydrogens (tertiary/aromatic N) is 1. The quantitative estimate of drug-likeness (QED) is 0.941. The third kappa shape index (κ3) is 3.29. The Morgan fingerprint density at radius 1 is 1.17 bits per heavy atom. The molecular formula is C17H15ClN2O3. The summed E-state index contributed by atoms with van der Waals surface area (Å²) < 4.78 is 5.12. The molecule has 1 heterocycles. The van der Waals surface area contributed by atoms with Crippen LogP contribution in [0.5, 0.6) is 5.75 Å². The number of carbonyl (C=O) groups excluding carboxylic acids is 2. The summed E-state index contributed by atoms with van der Waals surface area (Å²) in [6.45, 7) is 0.333. The van der Waals surface area contributed by atoms with Crippen LogP contribution in [0.15, 0.2) is 42.5 Å². The van der Waals surface area contributed by atoms with E-state index in [4.69, 9.17) is 16.3 Å². The van der Waals surface area contributed by atoms with Gasteiger partial charge in [-0.1, -0.05) is 23.7 Å². The van der Waals surface area contributed by atoms with Gasteiger partial charge in [0, 0.05) is 11.6 Å². The first kappa shape index (κ1) is 15.4. The Morgan fingerprint density at radius 3 is 2.61 bits per heavy atom. The van der Waals surface area contributed by atoms with Crippen LogP contribution in [-0.4, -0.2) is 30.4 Å². The Balaban J connectivity index is 1.89. The molecule has 0 spiro atoms. The van der Waals surface area contributed by atoms with Crippen molar-refractivity contribution in [1.82, 2.24) is 4.90 Å². The summed E-state index contributed by atoms with van der Waals surface area (Å²) in [6, 6.07) is 12.2. The molecule has 1 N–H and O–H groups in total. The van der Waals surface area contributed by atoms with E-state index in [1.165, 1.54) is 4.90 Å². The van der Waals surface area contributed by atoms with Gasteiger partial charge in [-0.05, 0) is 35.9 Å². The predicted octanol–water partition coefficient (Wildman–Crippen LogP) is 2.94. The van der Waals surface area contributed by atoms with Crippen molar-refractivity contribution in [3.8, 4) is 5.75 Å². The number of hydrogen-bond acceptors (Lipinski definition) is 3. The van der Waals surface area contributed by atoms with Crippen molar-refractivity contribution in [1.29, 1.82) is 0 Å². The molecule has 2 amide bonds. The van der Waals surface area contributed by atoms with Crippen molar-refractivity contribution in [2.75, 3.05) is 19.0 Å². The molecular weight excluding hydrogens is 316 g/mol. The van der Waals surface area contributed by atoms with Gasteiger partial charge in [-0.25, -0.2) is 0 Å². The smallest absolute Gasteiger partial charge is 0.256 e. The van der Waals surface area contributed by atoms with Gasteiger partial charge in [-0.2, -0.15) is 0 Å². The molecule has 0 saturated heterocycles. The van der Waals surface area contributed by atoms with Crippen molar-refractivity contribution in [3.63, 3.8) is 0 Å². The monoisotopic (exact) mass is 330 g/mol. The predicted molar refractivity (Wildman–Crippen MR) is 87.8 cm³/mol. The van der Waals surface area contributed by atoms with E-state index in [-0.39, 0.29) is 18.4 Å². The second-order valence-corrected chi connectivity index (χ2v) is 5.68. The molecule has 0 bridgehead atoms. The van der Waals surface area contributed by atoms with Gasteiger partial charge in [0.15, 0.2) is 0 Å². The van der Waals surface area contributed by atoms with E-state index in [1.807, 2.05) is 24.3 Å². The number of amides is 2. The van der Waals surface area contributed by atoms with E-state index in [2.05, 4.69) is 5.32 Å². The molecule has 6 heteroatoms. The van der Waals surface area contributed by atoms with Gasteiger partial charge in [0.2, 0.25) is 5.91 Å². The number of carbonyl (C=O) groups is 2. The average molecular weight is 331 g/mol. The fraction of sp³-hybridized carbons (Fsp3) is 0.176. The van der Waals surface area contributed by atoms with Crippen molar-refractivity contribution in [2.24, 2.45) is 0 Å². The number of methoxy groups -OCH3 is 1. The van der Waals surface area contributed by atoms with Gasteiger partial charge in [-0.15, -0.1) is 0 Å². The first-order valence-corrected chi connectivity index (χ1v) is 7.46. The Labute approximate surface area is 138 Å². The highest BCUT2D eigenvalue weighted by atomic mass is 35.5. The van der Waals surface area contributed by atoms with Crippen LogP contribution in [-0.2, 0) is 11.3 Å². The SMILES string of the molecule is COc1ccc(CN2CC(=O)Nc3ccc(Cl)cc3C2=O)cc1. The lowest BCUT2D eigenvalue weighted by Gasteiger charge is -2.20. The molecule has 23 heavy (non-hydrogen) atoms. The van der Waals surface area contributed by atoms with Crippen LogP contribution in [0.3, 0.4) is 0 Å². The molecule has 0 aliphatic carbocycles. The topological polar surface area (TPSA) is 58.6 Å². The zero-order valence-electron chi connectivity index (χ0n) is 12.5. The summed E-state index contributed by atoms with van der Waals surface area (Å²) in [5.41, 5.74) is 1.80. The van der Waals surface area contributed by atoms with Crippen molar-refractivity contribution in [2.45, 2.75) is 6.54 Å². The summed E-state index contributed by atoms with van der Waals surface area (Å²) >= 11 is 5.98. The van der Waals surface area contributed by atoms with Crippen molar-refractivity contribution >= 4 is 29.1 Å². The van der Waals surface area contributed by atoms with Gasteiger partial charge in [0.05, 0.1) is 18.4 Å². The number of benzene rings is 2. The molecule has 0 aromatic heterocycles. The largest absolute Gasteiger partial charge is 0.497 e. The van der Waals surface area contributed by atoms with Crippen molar-refractivity contribution in [3.05, 3.63) is 58.6 Å². The zero-order chi connectivity index (χ0) is 16.4. The van der Waals surface area contributed by atoms with Crippen LogP contribution in [0.25, 0.3) is 0 Å². The number of hydrogen-bond donors (Lipinski definition) is 1. The number of nitrogens with one attached hydrogen (secondary N) is 1. The summed E-state index contributed by atoms with van der Waals surface area (Å²) in [4.78, 5) is 26.2. The number of ether oxygens (including phenoxy) is 1. The minimum Gasteiger partial charge on any atom is -0.497 e. The Bertz CT molecular complexity index is 759. The van der Waals surface area contributed by atoms with E-state index in [1.54, 1.807) is 25.3 Å². The molecule has 5 nitrogen and oxygen atoms in total. The van der Waals surface area contributed by atoms with E-state index in [0.29, 0.717) is 22.8 Å². The van der Waals surface area contributed by atoms with E-state index in [9.17, 15) is 9.59 Å². The second kappa shape index (κ2) is 6.30. The lowest BCUT2D eigenvalue weighted by Crippen LogP contribution is -2.34. The van der Waals surface area contributed by atoms with Gasteiger partial charge in [0.1, 0.15) is 12.3 Å². The second-order valence-electron chi connectivity index (χ2n) is 5.25. The molecule has 3 rings (SSSR count). The minimum absolute atomic E-state index is 0.00282. The van der Waals surface area contributed by atoms with Gasteiger partial charge in [0.25, 0.3) is 5.91 Å². The molecule has 2 aromatic rings. The standard InChI is InChI=1S/C17H15ClN2O3/c1-23-13-5-2-11(3-6-13)9-20-10-16(21)19-15-7-4-12(18)8-14(15)17(20)22/h2-8H,9-10H2,1H3,(H,19,21). The summed E-state index contributed by atoms with van der Waals surface area (Å²) in [5.74, 6) is 0.287. The Hall–Kier alpha value is -2.53. The van der Waals surface area contributed by atoms with Crippen LogP contribution in [0.1, 0.15) is 15.9 Å². The van der Waals surface area contributed by atoms with Gasteiger partial charge in [-0.3, -0.25) is 9.59 Å². The van der Waals surface area contributed by atoms with Crippen LogP contribution in [0.4, 0.5) is 5.69 Å². The molecule has 0 fully saturated rings. The normalized spacial score (nSPS) is 14.1. The fourth-order valence-electron chi connectivity index (χ4n) is 2.49. The maximum atomic E-state index is 12.7. The number of fused-ring (bicyclic) bond motifs is 1. The lowest BCUT2D eigenvalue weighted by atomic mass is 10.1. The first-order chi connectivity index (χ1) is 11.1. The van der Waals surface area contributed by atoms with Crippen LogP contribution in [0, 0.1) is 0 Å². The zero-order valence-corrected chi connectivity index (χ0v) is 13.3. The molecule has 0 saturated carbocycles. The maximum absolute atomic E-state index is 12.7. The highest BCUT2D eigenvalue weighted by Crippen LogP contribution is 2.25. The lowest BCUT2D eigenvalue weighted by molar-refractivity contribution is -0.116. The Morgan fingerprint density at radius 2 is 1.91 bits per heavy atom. The van der Waals surface area contributed by atoms with Crippen LogP contribution in [0.2, 0.25) is 5.02 Å². The molecule has 1 aliphatic heterocycles. The van der Waals surface area contributed by atoms with E-state index < -0.39 is 0 Å². The molecule has 118 valence electrons. The van der Waals surface area contributed by atoms with E-state index in [0.717, 1.165) is 11.3 Å². The highest BCUT2D eigenvalue weighted by molar-refractivity contribution is 6.31. The van der Waals surface area contributed by atoms with Crippen LogP contribution < -0.4 is 10.1 Å². The molecule has 0 unspecified atom stereocenters. The summed E-state index contributed by atoms with van der Waals surface area (Å²) in [7, 11) is 1.60. The number of halogens is 1. The third-order valence-electron chi connectivity index (χ3n) is 3.64. The first-order valence-electron chi connectivity index (χ1n) is 7.08. The fourth-order valence-corrected chi connectivity index (χ4v) is 2.66. The maximum Gasteiger partial charge on any atom is 0.256 e.